The fraction of sp³-hybridized carbons (Fsp3) is 0.625. The maximum atomic E-state index is 4.30. The molecule has 22 heavy (non-hydrogen) atoms. The molecule has 1 atom stereocenters. The highest BCUT2D eigenvalue weighted by molar-refractivity contribution is 14.0. The number of guanidine groups is 1. The van der Waals surface area contributed by atoms with Crippen molar-refractivity contribution < 1.29 is 0 Å². The topological polar surface area (TPSA) is 52.5 Å². The Morgan fingerprint density at radius 2 is 2.27 bits per heavy atom. The number of aliphatic imine (C=N–C) groups is 1. The summed E-state index contributed by atoms with van der Waals surface area (Å²) in [7, 11) is 1.81. The highest BCUT2D eigenvalue weighted by atomic mass is 127. The van der Waals surface area contributed by atoms with Crippen molar-refractivity contribution in [2.75, 3.05) is 33.2 Å². The van der Waals surface area contributed by atoms with E-state index in [9.17, 15) is 0 Å². The van der Waals surface area contributed by atoms with E-state index in [0.717, 1.165) is 24.7 Å². The predicted molar refractivity (Wildman–Crippen MR) is 103 cm³/mol. The van der Waals surface area contributed by atoms with Gasteiger partial charge in [-0.25, -0.2) is 0 Å². The van der Waals surface area contributed by atoms with E-state index < -0.39 is 0 Å². The van der Waals surface area contributed by atoms with Crippen LogP contribution in [0.1, 0.15) is 25.5 Å². The van der Waals surface area contributed by atoms with E-state index in [1.54, 1.807) is 0 Å². The molecule has 1 aromatic rings. The van der Waals surface area contributed by atoms with Crippen LogP contribution in [0.3, 0.4) is 0 Å². The largest absolute Gasteiger partial charge is 0.356 e. The van der Waals surface area contributed by atoms with Crippen LogP contribution in [0.15, 0.2) is 29.4 Å². The number of nitrogens with one attached hydrogen (secondary N) is 2. The van der Waals surface area contributed by atoms with E-state index in [2.05, 4.69) is 32.4 Å². The van der Waals surface area contributed by atoms with Gasteiger partial charge in [0.05, 0.1) is 12.2 Å². The summed E-state index contributed by atoms with van der Waals surface area (Å²) in [5.41, 5.74) is 1.02. The normalized spacial score (nSPS) is 19.4. The maximum absolute atomic E-state index is 4.30. The standard InChI is InChI=1S/C16H27N5.HI/c1-3-21-10-6-7-14(13-21)11-19-16(17-2)20-12-15-8-4-5-9-18-15;/h4-5,8-9,14H,3,6-7,10-13H2,1-2H3,(H2,17,19,20);1H. The Labute approximate surface area is 151 Å². The van der Waals surface area contributed by atoms with E-state index >= 15 is 0 Å². The van der Waals surface area contributed by atoms with Gasteiger partial charge < -0.3 is 15.5 Å². The molecule has 5 nitrogen and oxygen atoms in total. The quantitative estimate of drug-likeness (QED) is 0.438. The van der Waals surface area contributed by atoms with Gasteiger partial charge in [0, 0.05) is 26.3 Å². The summed E-state index contributed by atoms with van der Waals surface area (Å²) in [6.07, 6.45) is 4.43. The minimum absolute atomic E-state index is 0. The van der Waals surface area contributed by atoms with Crippen LogP contribution in [-0.2, 0) is 6.54 Å². The zero-order chi connectivity index (χ0) is 14.9. The Bertz CT molecular complexity index is 437. The zero-order valence-corrected chi connectivity index (χ0v) is 15.9. The second-order valence-electron chi connectivity index (χ2n) is 5.53. The monoisotopic (exact) mass is 417 g/mol. The number of nitrogens with zero attached hydrogens (tertiary/aromatic N) is 3. The lowest BCUT2D eigenvalue weighted by atomic mass is 9.98. The summed E-state index contributed by atoms with van der Waals surface area (Å²) in [6, 6.07) is 5.95. The van der Waals surface area contributed by atoms with E-state index in [0.29, 0.717) is 12.5 Å². The van der Waals surface area contributed by atoms with Crippen LogP contribution in [0.4, 0.5) is 0 Å². The molecule has 6 heteroatoms. The Morgan fingerprint density at radius 1 is 1.41 bits per heavy atom. The fourth-order valence-electron chi connectivity index (χ4n) is 2.74. The molecule has 0 radical (unpaired) electrons. The van der Waals surface area contributed by atoms with Crippen LogP contribution in [0, 0.1) is 5.92 Å². The molecule has 0 bridgehead atoms. The predicted octanol–water partition coefficient (Wildman–Crippen LogP) is 2.10. The van der Waals surface area contributed by atoms with Gasteiger partial charge >= 0.3 is 0 Å². The molecule has 1 saturated heterocycles. The first-order valence-electron chi connectivity index (χ1n) is 7.88. The van der Waals surface area contributed by atoms with Crippen molar-refractivity contribution in [3.63, 3.8) is 0 Å². The van der Waals surface area contributed by atoms with Crippen LogP contribution in [-0.4, -0.2) is 49.1 Å². The average molecular weight is 417 g/mol. The maximum Gasteiger partial charge on any atom is 0.191 e. The summed E-state index contributed by atoms with van der Waals surface area (Å²) in [4.78, 5) is 11.1. The van der Waals surface area contributed by atoms with E-state index in [4.69, 9.17) is 0 Å². The highest BCUT2D eigenvalue weighted by Gasteiger charge is 2.18. The van der Waals surface area contributed by atoms with Crippen LogP contribution < -0.4 is 10.6 Å². The van der Waals surface area contributed by atoms with E-state index in [1.165, 1.54) is 25.9 Å². The zero-order valence-electron chi connectivity index (χ0n) is 13.6. The molecule has 1 aliphatic heterocycles. The molecular weight excluding hydrogens is 389 g/mol. The van der Waals surface area contributed by atoms with Gasteiger partial charge in [-0.1, -0.05) is 13.0 Å². The lowest BCUT2D eigenvalue weighted by Crippen LogP contribution is -2.44. The average Bonchev–Trinajstić information content (AvgIpc) is 2.56. The third-order valence-corrected chi connectivity index (χ3v) is 4.00. The van der Waals surface area contributed by atoms with Gasteiger partial charge in [0.2, 0.25) is 0 Å². The lowest BCUT2D eigenvalue weighted by Gasteiger charge is -2.32. The number of likely N-dealkylation sites (tertiary alicyclic amines) is 1. The highest BCUT2D eigenvalue weighted by Crippen LogP contribution is 2.14. The lowest BCUT2D eigenvalue weighted by molar-refractivity contribution is 0.183. The molecule has 1 aromatic heterocycles. The van der Waals surface area contributed by atoms with Crippen molar-refractivity contribution >= 4 is 29.9 Å². The number of rotatable bonds is 5. The first kappa shape index (κ1) is 19.2. The van der Waals surface area contributed by atoms with Gasteiger partial charge in [-0.15, -0.1) is 24.0 Å². The summed E-state index contributed by atoms with van der Waals surface area (Å²) in [5, 5.41) is 6.75. The number of pyridine rings is 1. The minimum atomic E-state index is 0. The second-order valence-corrected chi connectivity index (χ2v) is 5.53. The van der Waals surface area contributed by atoms with E-state index in [1.807, 2.05) is 31.4 Å². The van der Waals surface area contributed by atoms with Crippen molar-refractivity contribution in [3.05, 3.63) is 30.1 Å². The molecule has 1 fully saturated rings. The smallest absolute Gasteiger partial charge is 0.191 e. The first-order valence-corrected chi connectivity index (χ1v) is 7.88. The summed E-state index contributed by atoms with van der Waals surface area (Å²) < 4.78 is 0. The van der Waals surface area contributed by atoms with Crippen molar-refractivity contribution in [3.8, 4) is 0 Å². The molecule has 0 aliphatic carbocycles. The van der Waals surface area contributed by atoms with Gasteiger partial charge in [-0.3, -0.25) is 9.98 Å². The summed E-state index contributed by atoms with van der Waals surface area (Å²) in [5.74, 6) is 1.57. The molecule has 2 N–H and O–H groups in total. The van der Waals surface area contributed by atoms with Crippen LogP contribution in [0.2, 0.25) is 0 Å². The van der Waals surface area contributed by atoms with Crippen molar-refractivity contribution in [1.82, 2.24) is 20.5 Å². The molecule has 124 valence electrons. The number of hydrogen-bond acceptors (Lipinski definition) is 3. The van der Waals surface area contributed by atoms with Gasteiger partial charge in [0.15, 0.2) is 5.96 Å². The third-order valence-electron chi connectivity index (χ3n) is 4.00. The molecule has 0 spiro atoms. The Kier molecular flexibility index (Phi) is 9.38. The van der Waals surface area contributed by atoms with Crippen molar-refractivity contribution in [2.24, 2.45) is 10.9 Å². The van der Waals surface area contributed by atoms with Crippen LogP contribution >= 0.6 is 24.0 Å². The molecule has 2 rings (SSSR count). The minimum Gasteiger partial charge on any atom is -0.356 e. The van der Waals surface area contributed by atoms with Gasteiger partial charge in [-0.05, 0) is 44.0 Å². The number of hydrogen-bond donors (Lipinski definition) is 2. The van der Waals surface area contributed by atoms with E-state index in [-0.39, 0.29) is 24.0 Å². The molecule has 1 aliphatic rings. The molecule has 0 amide bonds. The Balaban J connectivity index is 0.00000242. The molecule has 1 unspecified atom stereocenters. The summed E-state index contributed by atoms with van der Waals surface area (Å²) >= 11 is 0. The molecule has 0 saturated carbocycles. The third kappa shape index (κ3) is 6.48. The Hall–Kier alpha value is -0.890. The molecule has 2 heterocycles. The number of aromatic nitrogens is 1. The van der Waals surface area contributed by atoms with Gasteiger partial charge in [0.1, 0.15) is 0 Å². The van der Waals surface area contributed by atoms with Crippen molar-refractivity contribution in [1.29, 1.82) is 0 Å². The Morgan fingerprint density at radius 3 is 2.95 bits per heavy atom. The second kappa shape index (κ2) is 10.8. The number of halogens is 1. The van der Waals surface area contributed by atoms with Crippen LogP contribution in [0.25, 0.3) is 0 Å². The summed E-state index contributed by atoms with van der Waals surface area (Å²) in [6.45, 7) is 7.53. The van der Waals surface area contributed by atoms with Crippen LogP contribution in [0.5, 0.6) is 0 Å². The number of piperidine rings is 1. The molecular formula is C16H28IN5. The van der Waals surface area contributed by atoms with Crippen molar-refractivity contribution in [2.45, 2.75) is 26.3 Å². The van der Waals surface area contributed by atoms with Gasteiger partial charge in [-0.2, -0.15) is 0 Å². The fourth-order valence-corrected chi connectivity index (χ4v) is 2.74. The molecule has 0 aromatic carbocycles. The van der Waals surface area contributed by atoms with Gasteiger partial charge in [0.25, 0.3) is 0 Å². The first-order chi connectivity index (χ1) is 10.3. The SMILES string of the molecule is CCN1CCCC(CNC(=NC)NCc2ccccn2)C1.I.